The molecule has 9 heavy (non-hydrogen) atoms. The second kappa shape index (κ2) is 1.12. The number of rotatable bonds is 0. The summed E-state index contributed by atoms with van der Waals surface area (Å²) in [6, 6.07) is 0. The molecule has 0 saturated heterocycles. The molecule has 0 spiro atoms. The van der Waals surface area contributed by atoms with Gasteiger partial charge < -0.3 is 0 Å². The molecule has 4 unspecified atom stereocenters. The zero-order valence-electron chi connectivity index (χ0n) is 5.80. The molecule has 0 aromatic heterocycles. The average Bonchev–Trinajstić information content (AvgIpc) is 2.30. The maximum Gasteiger partial charge on any atom is -0.0135 e. The van der Waals surface area contributed by atoms with Crippen molar-refractivity contribution in [1.82, 2.24) is 0 Å². The molecule has 0 N–H and O–H groups in total. The van der Waals surface area contributed by atoms with Crippen LogP contribution < -0.4 is 0 Å². The van der Waals surface area contributed by atoms with Crippen LogP contribution >= 0.6 is 0 Å². The summed E-state index contributed by atoms with van der Waals surface area (Å²) in [6.45, 7) is 2.39. The van der Waals surface area contributed by atoms with Gasteiger partial charge in [0.15, 0.2) is 0 Å². The summed E-state index contributed by atoms with van der Waals surface area (Å²) in [6.07, 6.45) is 5.44. The summed E-state index contributed by atoms with van der Waals surface area (Å²) in [5.41, 5.74) is 1.82. The van der Waals surface area contributed by atoms with Gasteiger partial charge in [-0.05, 0) is 36.5 Å². The van der Waals surface area contributed by atoms with E-state index in [9.17, 15) is 0 Å². The Hall–Kier alpha value is -0.260. The molecule has 0 nitrogen and oxygen atoms in total. The minimum Gasteiger partial charge on any atom is -0.0845 e. The predicted octanol–water partition coefficient (Wildman–Crippen LogP) is 2.22. The fourth-order valence-electron chi connectivity index (χ4n) is 3.06. The maximum atomic E-state index is 2.50. The van der Waals surface area contributed by atoms with Crippen molar-refractivity contribution in [1.29, 1.82) is 0 Å². The summed E-state index contributed by atoms with van der Waals surface area (Å²) < 4.78 is 0. The summed E-state index contributed by atoms with van der Waals surface area (Å²) in [4.78, 5) is 0. The van der Waals surface area contributed by atoms with Gasteiger partial charge in [0.1, 0.15) is 0 Å². The Bertz CT molecular complexity index is 190. The van der Waals surface area contributed by atoms with Gasteiger partial charge in [0.05, 0.1) is 0 Å². The first-order chi connectivity index (χ1) is 4.38. The van der Waals surface area contributed by atoms with Crippen LogP contribution in [0.4, 0.5) is 0 Å². The second-order valence-electron chi connectivity index (χ2n) is 3.93. The van der Waals surface area contributed by atoms with Crippen LogP contribution in [0, 0.1) is 23.7 Å². The van der Waals surface area contributed by atoms with Crippen molar-refractivity contribution in [3.05, 3.63) is 11.6 Å². The summed E-state index contributed by atoms with van der Waals surface area (Å²) in [5, 5.41) is 0. The third kappa shape index (κ3) is 0.357. The van der Waals surface area contributed by atoms with Gasteiger partial charge in [-0.25, -0.2) is 0 Å². The highest BCUT2D eigenvalue weighted by molar-refractivity contribution is 5.33. The standard InChI is InChI=1S/C9H12/c1-5-4-8-7-3-2-6(5)9(7)8/h2,5,7-9H,3-4H2,1H3. The predicted molar refractivity (Wildman–Crippen MR) is 37.0 cm³/mol. The van der Waals surface area contributed by atoms with Gasteiger partial charge in [-0.2, -0.15) is 0 Å². The molecule has 4 atom stereocenters. The van der Waals surface area contributed by atoms with Gasteiger partial charge in [0.25, 0.3) is 0 Å². The molecule has 3 rings (SSSR count). The van der Waals surface area contributed by atoms with E-state index >= 15 is 0 Å². The largest absolute Gasteiger partial charge is 0.0845 e. The average molecular weight is 120 g/mol. The molecule has 0 aliphatic heterocycles. The number of fused-ring (bicyclic) bond motifs is 1. The second-order valence-corrected chi connectivity index (χ2v) is 3.93. The van der Waals surface area contributed by atoms with Gasteiger partial charge >= 0.3 is 0 Å². The Morgan fingerprint density at radius 3 is 3.00 bits per heavy atom. The van der Waals surface area contributed by atoms with Crippen LogP contribution in [0.15, 0.2) is 11.6 Å². The molecule has 0 heterocycles. The lowest BCUT2D eigenvalue weighted by Crippen LogP contribution is -1.92. The van der Waals surface area contributed by atoms with E-state index in [1.807, 2.05) is 5.57 Å². The molecule has 48 valence electrons. The Balaban J connectivity index is 2.09. The molecule has 0 aromatic rings. The molecule has 3 aliphatic rings. The molecule has 0 aromatic carbocycles. The first kappa shape index (κ1) is 4.54. The highest BCUT2D eigenvalue weighted by Crippen LogP contribution is 2.67. The van der Waals surface area contributed by atoms with E-state index in [0.29, 0.717) is 0 Å². The van der Waals surface area contributed by atoms with Crippen LogP contribution in [-0.2, 0) is 0 Å². The van der Waals surface area contributed by atoms with Crippen molar-refractivity contribution in [2.45, 2.75) is 19.8 Å². The van der Waals surface area contributed by atoms with E-state index in [1.165, 1.54) is 12.8 Å². The number of hydrogen-bond donors (Lipinski definition) is 0. The summed E-state index contributed by atoms with van der Waals surface area (Å²) in [5.74, 6) is 4.34. The first-order valence-electron chi connectivity index (χ1n) is 4.08. The van der Waals surface area contributed by atoms with Gasteiger partial charge in [0, 0.05) is 0 Å². The smallest absolute Gasteiger partial charge is 0.0135 e. The zero-order chi connectivity index (χ0) is 6.01. The van der Waals surface area contributed by atoms with Crippen LogP contribution in [0.3, 0.4) is 0 Å². The molecule has 0 heteroatoms. The number of hydrogen-bond acceptors (Lipinski definition) is 0. The lowest BCUT2D eigenvalue weighted by Gasteiger charge is -2.03. The molecular formula is C9H12. The van der Waals surface area contributed by atoms with E-state index < -0.39 is 0 Å². The fourth-order valence-corrected chi connectivity index (χ4v) is 3.06. The van der Waals surface area contributed by atoms with E-state index in [4.69, 9.17) is 0 Å². The SMILES string of the molecule is CC1CC2C3CC=C1C32. The van der Waals surface area contributed by atoms with Gasteiger partial charge in [-0.15, -0.1) is 0 Å². The van der Waals surface area contributed by atoms with Crippen molar-refractivity contribution in [3.8, 4) is 0 Å². The van der Waals surface area contributed by atoms with Crippen molar-refractivity contribution in [2.24, 2.45) is 23.7 Å². The Labute approximate surface area is 56.0 Å². The van der Waals surface area contributed by atoms with Gasteiger partial charge in [0.2, 0.25) is 0 Å². The lowest BCUT2D eigenvalue weighted by atomic mass is 10.0. The van der Waals surface area contributed by atoms with Crippen LogP contribution in [0.1, 0.15) is 19.8 Å². The monoisotopic (exact) mass is 120 g/mol. The van der Waals surface area contributed by atoms with Crippen molar-refractivity contribution < 1.29 is 0 Å². The minimum atomic E-state index is 0.957. The topological polar surface area (TPSA) is 0 Å². The van der Waals surface area contributed by atoms with Crippen molar-refractivity contribution in [2.75, 3.05) is 0 Å². The quantitative estimate of drug-likeness (QED) is 0.430. The van der Waals surface area contributed by atoms with Crippen LogP contribution in [0.25, 0.3) is 0 Å². The van der Waals surface area contributed by atoms with Crippen LogP contribution in [0.5, 0.6) is 0 Å². The van der Waals surface area contributed by atoms with Crippen molar-refractivity contribution >= 4 is 0 Å². The molecule has 0 bridgehead atoms. The fraction of sp³-hybridized carbons (Fsp3) is 0.778. The highest BCUT2D eigenvalue weighted by Gasteiger charge is 2.59. The van der Waals surface area contributed by atoms with E-state index in [2.05, 4.69) is 13.0 Å². The molecule has 2 saturated carbocycles. The molecule has 2 fully saturated rings. The Kier molecular flexibility index (Phi) is 0.564. The van der Waals surface area contributed by atoms with E-state index in [1.54, 1.807) is 0 Å². The third-order valence-corrected chi connectivity index (χ3v) is 3.54. The van der Waals surface area contributed by atoms with E-state index in [0.717, 1.165) is 23.7 Å². The van der Waals surface area contributed by atoms with Gasteiger partial charge in [-0.1, -0.05) is 18.6 Å². The molecule has 0 radical (unpaired) electrons. The molecular weight excluding hydrogens is 108 g/mol. The summed E-state index contributed by atoms with van der Waals surface area (Å²) in [7, 11) is 0. The van der Waals surface area contributed by atoms with Crippen molar-refractivity contribution in [3.63, 3.8) is 0 Å². The Morgan fingerprint density at radius 2 is 2.33 bits per heavy atom. The van der Waals surface area contributed by atoms with Crippen LogP contribution in [0.2, 0.25) is 0 Å². The third-order valence-electron chi connectivity index (χ3n) is 3.54. The molecule has 0 amide bonds. The first-order valence-corrected chi connectivity index (χ1v) is 4.08. The lowest BCUT2D eigenvalue weighted by molar-refractivity contribution is 0.576. The van der Waals surface area contributed by atoms with Crippen LogP contribution in [-0.4, -0.2) is 0 Å². The highest BCUT2D eigenvalue weighted by atomic mass is 14.6. The molecule has 3 aliphatic carbocycles. The maximum absolute atomic E-state index is 2.50. The van der Waals surface area contributed by atoms with E-state index in [-0.39, 0.29) is 0 Å². The van der Waals surface area contributed by atoms with Gasteiger partial charge in [-0.3, -0.25) is 0 Å². The number of allylic oxidation sites excluding steroid dienone is 2. The minimum absolute atomic E-state index is 0.957. The Morgan fingerprint density at radius 1 is 1.44 bits per heavy atom. The summed E-state index contributed by atoms with van der Waals surface area (Å²) >= 11 is 0. The normalized spacial score (nSPS) is 59.4. The zero-order valence-corrected chi connectivity index (χ0v) is 5.80.